The molecular formula is C57H53N9O9S3. The van der Waals surface area contributed by atoms with E-state index in [0.717, 1.165) is 33.0 Å². The number of benzene rings is 5. The number of nitrogens with zero attached hydrogens (tertiary/aromatic N) is 5. The second-order valence-corrected chi connectivity index (χ2v) is 21.5. The number of β-lactam (4-membered cyclic amide) rings is 1. The summed E-state index contributed by atoms with van der Waals surface area (Å²) in [4.78, 5) is 92.9. The minimum atomic E-state index is -1.11. The highest BCUT2D eigenvalue weighted by Crippen LogP contribution is 2.43. The molecule has 18 nitrogen and oxygen atoms in total. The molecule has 4 N–H and O–H groups in total. The van der Waals surface area contributed by atoms with E-state index in [1.165, 1.54) is 35.1 Å². The Balaban J connectivity index is 0.989. The number of hydrogen-bond acceptors (Lipinski definition) is 16. The highest BCUT2D eigenvalue weighted by atomic mass is 32.2. The number of oxime groups is 1. The lowest BCUT2D eigenvalue weighted by atomic mass is 9.77. The first kappa shape index (κ1) is 54.3. The molecule has 3 amide bonds. The van der Waals surface area contributed by atoms with E-state index in [4.69, 9.17) is 19.3 Å². The molecule has 2 aliphatic heterocycles. The number of allylic oxidation sites excluding steroid dienone is 1. The number of carbonyl (C=O) groups excluding carboxylic acids is 4. The molecule has 1 fully saturated rings. The minimum absolute atomic E-state index is 0.0592. The van der Waals surface area contributed by atoms with Crippen LogP contribution in [0.3, 0.4) is 0 Å². The number of hydrogen-bond donors (Lipinski definition) is 4. The van der Waals surface area contributed by atoms with Crippen LogP contribution in [0.15, 0.2) is 200 Å². The summed E-state index contributed by atoms with van der Waals surface area (Å²) in [6.45, 7) is 4.96. The molecule has 0 bridgehead atoms. The van der Waals surface area contributed by atoms with E-state index in [1.54, 1.807) is 37.6 Å². The number of H-pyrrole nitrogens is 1. The Morgan fingerprint density at radius 2 is 1.40 bits per heavy atom. The fraction of sp³-hybridized carbons (Fsp3) is 0.211. The molecule has 2 unspecified atom stereocenters. The highest BCUT2D eigenvalue weighted by Gasteiger charge is 2.55. The topological polar surface area (TPSA) is 228 Å². The average Bonchev–Trinajstić information content (AvgIpc) is 3.99. The number of rotatable bonds is 19. The number of amides is 3. The molecule has 0 spiro atoms. The van der Waals surface area contributed by atoms with Crippen molar-refractivity contribution in [3.8, 4) is 0 Å². The zero-order chi connectivity index (χ0) is 54.8. The van der Waals surface area contributed by atoms with Gasteiger partial charge in [-0.2, -0.15) is 0 Å². The van der Waals surface area contributed by atoms with Gasteiger partial charge in [0.25, 0.3) is 11.8 Å². The summed E-state index contributed by atoms with van der Waals surface area (Å²) in [6, 6.07) is 47.2. The van der Waals surface area contributed by atoms with Gasteiger partial charge in [-0.1, -0.05) is 169 Å². The summed E-state index contributed by atoms with van der Waals surface area (Å²) >= 11 is 3.53. The van der Waals surface area contributed by atoms with Gasteiger partial charge in [-0.25, -0.2) is 19.7 Å². The Bertz CT molecular complexity index is 3360. The molecule has 78 heavy (non-hydrogen) atoms. The first-order valence-corrected chi connectivity index (χ1v) is 27.4. The van der Waals surface area contributed by atoms with Gasteiger partial charge in [-0.05, 0) is 65.6 Å². The number of aromatic amines is 1. The van der Waals surface area contributed by atoms with Gasteiger partial charge < -0.3 is 30.3 Å². The van der Waals surface area contributed by atoms with Gasteiger partial charge >= 0.3 is 23.2 Å². The Morgan fingerprint density at radius 3 is 1.95 bits per heavy atom. The average molecular weight is 1100 g/mol. The van der Waals surface area contributed by atoms with Gasteiger partial charge in [0.1, 0.15) is 41.1 Å². The number of thioether (sulfide) groups is 2. The fourth-order valence-corrected chi connectivity index (χ4v) is 11.7. The largest absolute Gasteiger partial charge is 0.448 e. The quantitative estimate of drug-likeness (QED) is 0.0115. The SMILES string of the molecule is CO/N=C(/C(=O)NC1C(=O)N2C(C(=O)OC(c3ccccc3)c3ccccc3)=C(/C=C/Sc3n[nH]c(=O)c(=O)n3CCNC(=O)OC(C)(C)C)CSC12)c1csc(NC(c2ccccc2)(c2ccccc2)c2ccccc2)n1. The molecule has 0 aliphatic carbocycles. The van der Waals surface area contributed by atoms with Crippen LogP contribution in [0.1, 0.15) is 60.4 Å². The monoisotopic (exact) mass is 1100 g/mol. The molecule has 2 aliphatic rings. The maximum Gasteiger partial charge on any atom is 0.407 e. The first-order chi connectivity index (χ1) is 37.8. The number of esters is 1. The number of aromatic nitrogens is 4. The summed E-state index contributed by atoms with van der Waals surface area (Å²) in [5.41, 5.74) is 1.02. The van der Waals surface area contributed by atoms with Gasteiger partial charge in [-0.15, -0.1) is 28.2 Å². The number of carbonyl (C=O) groups is 4. The lowest BCUT2D eigenvalue weighted by Gasteiger charge is -2.49. The van der Waals surface area contributed by atoms with Crippen molar-refractivity contribution >= 4 is 69.6 Å². The molecule has 7 aromatic rings. The summed E-state index contributed by atoms with van der Waals surface area (Å²) in [6.07, 6.45) is 0.0262. The van der Waals surface area contributed by atoms with E-state index < -0.39 is 63.7 Å². The normalized spacial score (nSPS) is 15.6. The molecule has 398 valence electrons. The van der Waals surface area contributed by atoms with Gasteiger partial charge in [0.15, 0.2) is 22.1 Å². The lowest BCUT2D eigenvalue weighted by Crippen LogP contribution is -2.71. The Morgan fingerprint density at radius 1 is 0.833 bits per heavy atom. The zero-order valence-corrected chi connectivity index (χ0v) is 45.1. The van der Waals surface area contributed by atoms with Crippen molar-refractivity contribution in [2.45, 2.75) is 61.1 Å². The van der Waals surface area contributed by atoms with Crippen molar-refractivity contribution < 1.29 is 33.5 Å². The van der Waals surface area contributed by atoms with Crippen molar-refractivity contribution in [3.05, 3.63) is 234 Å². The van der Waals surface area contributed by atoms with Gasteiger partial charge in [0.2, 0.25) is 0 Å². The number of fused-ring (bicyclic) bond motifs is 1. The van der Waals surface area contributed by atoms with Crippen molar-refractivity contribution in [1.82, 2.24) is 35.3 Å². The van der Waals surface area contributed by atoms with Crippen molar-refractivity contribution in [3.63, 3.8) is 0 Å². The van der Waals surface area contributed by atoms with E-state index in [1.807, 2.05) is 152 Å². The third-order valence-corrected chi connectivity index (χ3v) is 15.2. The van der Waals surface area contributed by atoms with Crippen LogP contribution >= 0.6 is 34.9 Å². The Labute approximate surface area is 461 Å². The zero-order valence-electron chi connectivity index (χ0n) is 42.7. The second kappa shape index (κ2) is 24.2. The molecule has 2 atom stereocenters. The van der Waals surface area contributed by atoms with Crippen LogP contribution in [0.4, 0.5) is 9.93 Å². The fourth-order valence-electron chi connectivity index (χ4n) is 8.86. The van der Waals surface area contributed by atoms with Crippen LogP contribution in [0.2, 0.25) is 0 Å². The number of nitrogens with one attached hydrogen (secondary N) is 4. The van der Waals surface area contributed by atoms with Gasteiger partial charge in [0.05, 0.1) is 0 Å². The minimum Gasteiger partial charge on any atom is -0.448 e. The van der Waals surface area contributed by atoms with E-state index in [-0.39, 0.29) is 41.1 Å². The number of anilines is 1. The number of ether oxygens (including phenoxy) is 2. The second-order valence-electron chi connectivity index (χ2n) is 18.6. The van der Waals surface area contributed by atoms with Crippen LogP contribution in [0.25, 0.3) is 0 Å². The Kier molecular flexibility index (Phi) is 16.8. The predicted molar refractivity (Wildman–Crippen MR) is 300 cm³/mol. The predicted octanol–water partition coefficient (Wildman–Crippen LogP) is 7.96. The van der Waals surface area contributed by atoms with Crippen molar-refractivity contribution in [2.75, 3.05) is 24.7 Å². The molecule has 0 radical (unpaired) electrons. The molecule has 0 saturated carbocycles. The van der Waals surface area contributed by atoms with Crippen LogP contribution < -0.4 is 27.1 Å². The maximum atomic E-state index is 14.8. The van der Waals surface area contributed by atoms with Crippen LogP contribution in [0, 0.1) is 0 Å². The van der Waals surface area contributed by atoms with E-state index >= 15 is 0 Å². The van der Waals surface area contributed by atoms with Crippen molar-refractivity contribution in [2.24, 2.45) is 5.16 Å². The van der Waals surface area contributed by atoms with Crippen LogP contribution in [-0.4, -0.2) is 90.7 Å². The first-order valence-electron chi connectivity index (χ1n) is 24.6. The maximum absolute atomic E-state index is 14.8. The van der Waals surface area contributed by atoms with Gasteiger partial charge in [-0.3, -0.25) is 28.6 Å². The van der Waals surface area contributed by atoms with E-state index in [9.17, 15) is 28.8 Å². The lowest BCUT2D eigenvalue weighted by molar-refractivity contribution is -0.154. The molecule has 2 aromatic heterocycles. The van der Waals surface area contributed by atoms with Crippen LogP contribution in [-0.2, 0) is 40.8 Å². The Hall–Kier alpha value is -8.53. The molecule has 1 saturated heterocycles. The van der Waals surface area contributed by atoms with E-state index in [0.29, 0.717) is 21.8 Å². The molecule has 21 heteroatoms. The third-order valence-electron chi connectivity index (χ3n) is 12.3. The molecular weight excluding hydrogens is 1050 g/mol. The summed E-state index contributed by atoms with van der Waals surface area (Å²) in [7, 11) is 1.31. The van der Waals surface area contributed by atoms with Crippen molar-refractivity contribution in [1.29, 1.82) is 0 Å². The summed E-state index contributed by atoms with van der Waals surface area (Å²) in [5.74, 6) is -1.97. The highest BCUT2D eigenvalue weighted by molar-refractivity contribution is 8.02. The number of alkyl carbamates (subject to hydrolysis) is 1. The summed E-state index contributed by atoms with van der Waals surface area (Å²) < 4.78 is 12.7. The van der Waals surface area contributed by atoms with Gasteiger partial charge in [0, 0.05) is 24.2 Å². The molecule has 9 rings (SSSR count). The summed E-state index contributed by atoms with van der Waals surface area (Å²) in [5, 5.41) is 22.5. The molecule has 5 aromatic carbocycles. The third kappa shape index (κ3) is 12.0. The number of thiazole rings is 1. The smallest absolute Gasteiger partial charge is 0.407 e. The molecule has 4 heterocycles. The van der Waals surface area contributed by atoms with E-state index in [2.05, 4.69) is 31.3 Å². The standard InChI is InChI=1S/C57H53N9O9S3/c1-56(2,3)75-55(72)58-31-32-65-50(70)48(68)62-63-54(65)76-33-30-38-34-77-51-44(49(69)66(51)45(38)52(71)74-46(36-20-10-5-11-21-36)37-22-12-6-13-23-37)60-47(67)43(64-73-4)42-35-78-53(59-42)61-57(39-24-14-7-15-25-39,40-26-16-8-17-27-40)41-28-18-9-19-29-41/h5-30,33,35,44,46,51H,31-32,34H2,1-4H3,(H,58,72)(H,59,61)(H,60,67)(H,62,68)/b33-30+,64-43+. The van der Waals surface area contributed by atoms with Crippen LogP contribution in [0.5, 0.6) is 0 Å².